The van der Waals surface area contributed by atoms with Crippen LogP contribution in [0.2, 0.25) is 0 Å². The molecule has 1 aromatic carbocycles. The fourth-order valence-electron chi connectivity index (χ4n) is 3.53. The molecule has 1 nitrogen and oxygen atoms in total. The SMILES string of the molecule is CCc1ccc(C(NCC2CCC(C)CC2)C(C)C)cc1. The lowest BCUT2D eigenvalue weighted by atomic mass is 9.82. The van der Waals surface area contributed by atoms with Crippen molar-refractivity contribution in [2.24, 2.45) is 17.8 Å². The summed E-state index contributed by atoms with van der Waals surface area (Å²) in [6.45, 7) is 10.5. The van der Waals surface area contributed by atoms with E-state index in [2.05, 4.69) is 57.3 Å². The number of rotatable bonds is 6. The quantitative estimate of drug-likeness (QED) is 0.742. The maximum atomic E-state index is 3.86. The zero-order chi connectivity index (χ0) is 15.2. The summed E-state index contributed by atoms with van der Waals surface area (Å²) in [4.78, 5) is 0. The van der Waals surface area contributed by atoms with Gasteiger partial charge in [0, 0.05) is 6.04 Å². The second-order valence-electron chi connectivity index (χ2n) is 7.35. The summed E-state index contributed by atoms with van der Waals surface area (Å²) < 4.78 is 0. The number of nitrogens with one attached hydrogen (secondary N) is 1. The van der Waals surface area contributed by atoms with Gasteiger partial charge in [-0.1, -0.05) is 64.8 Å². The highest BCUT2D eigenvalue weighted by molar-refractivity contribution is 5.25. The van der Waals surface area contributed by atoms with Gasteiger partial charge < -0.3 is 5.32 Å². The highest BCUT2D eigenvalue weighted by atomic mass is 14.9. The molecule has 0 saturated heterocycles. The van der Waals surface area contributed by atoms with Gasteiger partial charge in [0.2, 0.25) is 0 Å². The minimum absolute atomic E-state index is 0.496. The molecular weight excluding hydrogens is 254 g/mol. The van der Waals surface area contributed by atoms with Crippen molar-refractivity contribution in [1.82, 2.24) is 5.32 Å². The van der Waals surface area contributed by atoms with Crippen molar-refractivity contribution >= 4 is 0 Å². The fourth-order valence-corrected chi connectivity index (χ4v) is 3.53. The van der Waals surface area contributed by atoms with E-state index >= 15 is 0 Å². The van der Waals surface area contributed by atoms with Gasteiger partial charge in [-0.15, -0.1) is 0 Å². The highest BCUT2D eigenvalue weighted by Gasteiger charge is 2.21. The van der Waals surface area contributed by atoms with Gasteiger partial charge in [-0.05, 0) is 54.7 Å². The normalized spacial score (nSPS) is 24.2. The van der Waals surface area contributed by atoms with E-state index in [1.165, 1.54) is 43.4 Å². The lowest BCUT2D eigenvalue weighted by molar-refractivity contribution is 0.264. The molecule has 0 aromatic heterocycles. The maximum Gasteiger partial charge on any atom is 0.0343 e. The van der Waals surface area contributed by atoms with Gasteiger partial charge in [0.15, 0.2) is 0 Å². The first-order chi connectivity index (χ1) is 10.1. The summed E-state index contributed by atoms with van der Waals surface area (Å²) in [6.07, 6.45) is 6.79. The molecule has 1 saturated carbocycles. The largest absolute Gasteiger partial charge is 0.309 e. The third-order valence-electron chi connectivity index (χ3n) is 5.18. The van der Waals surface area contributed by atoms with Gasteiger partial charge >= 0.3 is 0 Å². The Labute approximate surface area is 131 Å². The van der Waals surface area contributed by atoms with Crippen LogP contribution in [-0.2, 0) is 6.42 Å². The molecule has 1 atom stereocenters. The van der Waals surface area contributed by atoms with Crippen molar-refractivity contribution in [3.05, 3.63) is 35.4 Å². The van der Waals surface area contributed by atoms with Crippen molar-refractivity contribution in [2.45, 2.75) is 65.8 Å². The molecule has 0 heterocycles. The Bertz CT molecular complexity index is 398. The molecule has 1 aliphatic carbocycles. The lowest BCUT2D eigenvalue weighted by Gasteiger charge is -2.30. The Morgan fingerprint density at radius 1 is 1.05 bits per heavy atom. The molecule has 0 radical (unpaired) electrons. The molecular formula is C20H33N. The van der Waals surface area contributed by atoms with Crippen LogP contribution >= 0.6 is 0 Å². The number of hydrogen-bond acceptors (Lipinski definition) is 1. The zero-order valence-electron chi connectivity index (χ0n) is 14.4. The summed E-state index contributed by atoms with van der Waals surface area (Å²) in [7, 11) is 0. The first-order valence-corrected chi connectivity index (χ1v) is 8.92. The fraction of sp³-hybridized carbons (Fsp3) is 0.700. The minimum atomic E-state index is 0.496. The third kappa shape index (κ3) is 4.85. The van der Waals surface area contributed by atoms with Crippen LogP contribution in [0.3, 0.4) is 0 Å². The van der Waals surface area contributed by atoms with E-state index in [-0.39, 0.29) is 0 Å². The molecule has 21 heavy (non-hydrogen) atoms. The van der Waals surface area contributed by atoms with Crippen molar-refractivity contribution in [3.8, 4) is 0 Å². The topological polar surface area (TPSA) is 12.0 Å². The Balaban J connectivity index is 1.92. The molecule has 1 unspecified atom stereocenters. The maximum absolute atomic E-state index is 3.86. The number of hydrogen-bond donors (Lipinski definition) is 1. The first kappa shape index (κ1) is 16.5. The molecule has 1 aliphatic rings. The van der Waals surface area contributed by atoms with Gasteiger partial charge in [-0.2, -0.15) is 0 Å². The van der Waals surface area contributed by atoms with E-state index < -0.39 is 0 Å². The molecule has 1 aromatic rings. The third-order valence-corrected chi connectivity index (χ3v) is 5.18. The molecule has 118 valence electrons. The van der Waals surface area contributed by atoms with Crippen LogP contribution in [0.1, 0.15) is 70.5 Å². The molecule has 0 aliphatic heterocycles. The molecule has 0 spiro atoms. The second kappa shape index (κ2) is 7.98. The average Bonchev–Trinajstić information content (AvgIpc) is 2.49. The summed E-state index contributed by atoms with van der Waals surface area (Å²) in [5, 5.41) is 3.86. The van der Waals surface area contributed by atoms with E-state index in [1.807, 2.05) is 0 Å². The van der Waals surface area contributed by atoms with Crippen molar-refractivity contribution in [2.75, 3.05) is 6.54 Å². The van der Waals surface area contributed by atoms with Crippen LogP contribution in [0, 0.1) is 17.8 Å². The van der Waals surface area contributed by atoms with E-state index in [9.17, 15) is 0 Å². The Morgan fingerprint density at radius 3 is 2.19 bits per heavy atom. The standard InChI is InChI=1S/C20H33N/c1-5-17-10-12-19(13-11-17)20(15(2)3)21-14-18-8-6-16(4)7-9-18/h10-13,15-16,18,20-21H,5-9,14H2,1-4H3. The van der Waals surface area contributed by atoms with Crippen LogP contribution in [0.15, 0.2) is 24.3 Å². The molecule has 1 heteroatoms. The van der Waals surface area contributed by atoms with E-state index in [0.717, 1.165) is 18.3 Å². The van der Waals surface area contributed by atoms with Crippen LogP contribution < -0.4 is 5.32 Å². The summed E-state index contributed by atoms with van der Waals surface area (Å²) >= 11 is 0. The Kier molecular flexibility index (Phi) is 6.29. The van der Waals surface area contributed by atoms with E-state index in [0.29, 0.717) is 12.0 Å². The molecule has 1 N–H and O–H groups in total. The lowest BCUT2D eigenvalue weighted by Crippen LogP contribution is -2.32. The second-order valence-corrected chi connectivity index (χ2v) is 7.35. The van der Waals surface area contributed by atoms with Gasteiger partial charge in [0.25, 0.3) is 0 Å². The monoisotopic (exact) mass is 287 g/mol. The van der Waals surface area contributed by atoms with Crippen LogP contribution in [0.5, 0.6) is 0 Å². The predicted octanol–water partition coefficient (Wildman–Crippen LogP) is 5.36. The van der Waals surface area contributed by atoms with Crippen molar-refractivity contribution in [3.63, 3.8) is 0 Å². The van der Waals surface area contributed by atoms with Crippen LogP contribution in [-0.4, -0.2) is 6.54 Å². The van der Waals surface area contributed by atoms with E-state index in [1.54, 1.807) is 0 Å². The van der Waals surface area contributed by atoms with Gasteiger partial charge in [-0.25, -0.2) is 0 Å². The number of benzene rings is 1. The van der Waals surface area contributed by atoms with Gasteiger partial charge in [-0.3, -0.25) is 0 Å². The molecule has 2 rings (SSSR count). The minimum Gasteiger partial charge on any atom is -0.309 e. The summed E-state index contributed by atoms with van der Waals surface area (Å²) in [6, 6.07) is 9.71. The Morgan fingerprint density at radius 2 is 1.67 bits per heavy atom. The first-order valence-electron chi connectivity index (χ1n) is 8.92. The molecule has 0 amide bonds. The molecule has 1 fully saturated rings. The summed E-state index contributed by atoms with van der Waals surface area (Å²) in [5.41, 5.74) is 2.88. The van der Waals surface area contributed by atoms with Crippen molar-refractivity contribution in [1.29, 1.82) is 0 Å². The van der Waals surface area contributed by atoms with Crippen LogP contribution in [0.4, 0.5) is 0 Å². The van der Waals surface area contributed by atoms with Gasteiger partial charge in [0.05, 0.1) is 0 Å². The highest BCUT2D eigenvalue weighted by Crippen LogP contribution is 2.29. The van der Waals surface area contributed by atoms with E-state index in [4.69, 9.17) is 0 Å². The molecule has 0 bridgehead atoms. The zero-order valence-corrected chi connectivity index (χ0v) is 14.4. The number of aryl methyl sites for hydroxylation is 1. The van der Waals surface area contributed by atoms with Crippen molar-refractivity contribution < 1.29 is 0 Å². The summed E-state index contributed by atoms with van der Waals surface area (Å²) in [5.74, 6) is 2.47. The predicted molar refractivity (Wildman–Crippen MR) is 92.5 cm³/mol. The van der Waals surface area contributed by atoms with Crippen LogP contribution in [0.25, 0.3) is 0 Å². The average molecular weight is 287 g/mol. The Hall–Kier alpha value is -0.820. The smallest absolute Gasteiger partial charge is 0.0343 e. The van der Waals surface area contributed by atoms with Gasteiger partial charge in [0.1, 0.15) is 0 Å².